The third kappa shape index (κ3) is 4.20. The Morgan fingerprint density at radius 3 is 2.68 bits per heavy atom. The fourth-order valence-corrected chi connectivity index (χ4v) is 2.69. The molecule has 1 aliphatic carbocycles. The van der Waals surface area contributed by atoms with Crippen molar-refractivity contribution in [3.05, 3.63) is 69.8 Å². The number of carbonyl (C=O) groups is 1. The highest BCUT2D eigenvalue weighted by molar-refractivity contribution is 6.03. The van der Waals surface area contributed by atoms with Gasteiger partial charge in [0.05, 0.1) is 10.6 Å². The first-order chi connectivity index (χ1) is 12.1. The second-order valence-corrected chi connectivity index (χ2v) is 5.64. The molecule has 1 amide bonds. The van der Waals surface area contributed by atoms with Gasteiger partial charge in [0.2, 0.25) is 0 Å². The Labute approximate surface area is 144 Å². The van der Waals surface area contributed by atoms with E-state index >= 15 is 0 Å². The third-order valence-electron chi connectivity index (χ3n) is 3.92. The summed E-state index contributed by atoms with van der Waals surface area (Å²) < 4.78 is 5.31. The Kier molecular flexibility index (Phi) is 5.03. The summed E-state index contributed by atoms with van der Waals surface area (Å²) in [4.78, 5) is 22.0. The zero-order valence-corrected chi connectivity index (χ0v) is 13.5. The summed E-state index contributed by atoms with van der Waals surface area (Å²) in [7, 11) is 0. The molecule has 0 saturated heterocycles. The maximum absolute atomic E-state index is 11.9. The van der Waals surface area contributed by atoms with E-state index in [-0.39, 0.29) is 18.2 Å². The predicted molar refractivity (Wildman–Crippen MR) is 92.7 cm³/mol. The summed E-state index contributed by atoms with van der Waals surface area (Å²) >= 11 is 0. The van der Waals surface area contributed by atoms with E-state index in [0.717, 1.165) is 30.5 Å². The molecule has 0 bridgehead atoms. The zero-order valence-electron chi connectivity index (χ0n) is 13.5. The van der Waals surface area contributed by atoms with Gasteiger partial charge in [-0.15, -0.1) is 0 Å². The molecule has 0 fully saturated rings. The van der Waals surface area contributed by atoms with E-state index in [0.29, 0.717) is 5.75 Å². The van der Waals surface area contributed by atoms with Crippen molar-refractivity contribution in [3.8, 4) is 5.75 Å². The molecule has 2 aromatic carbocycles. The largest absolute Gasteiger partial charge is 0.484 e. The van der Waals surface area contributed by atoms with Crippen molar-refractivity contribution in [2.24, 2.45) is 5.10 Å². The fourth-order valence-electron chi connectivity index (χ4n) is 2.69. The Balaban J connectivity index is 1.56. The summed E-state index contributed by atoms with van der Waals surface area (Å²) in [6.45, 7) is -0.212. The highest BCUT2D eigenvalue weighted by atomic mass is 16.6. The Hall–Kier alpha value is -3.22. The number of carbonyl (C=O) groups excluding carboxylic acids is 1. The van der Waals surface area contributed by atoms with Crippen LogP contribution < -0.4 is 10.2 Å². The lowest BCUT2D eigenvalue weighted by atomic mass is 9.90. The lowest BCUT2D eigenvalue weighted by Crippen LogP contribution is -2.26. The number of benzene rings is 2. The number of nitro benzene ring substituents is 1. The Morgan fingerprint density at radius 1 is 1.16 bits per heavy atom. The van der Waals surface area contributed by atoms with E-state index in [4.69, 9.17) is 4.74 Å². The van der Waals surface area contributed by atoms with E-state index in [2.05, 4.69) is 16.6 Å². The average Bonchev–Trinajstić information content (AvgIpc) is 2.65. The van der Waals surface area contributed by atoms with Gasteiger partial charge in [0.25, 0.3) is 11.6 Å². The summed E-state index contributed by atoms with van der Waals surface area (Å²) in [5.41, 5.74) is 5.66. The number of ether oxygens (including phenoxy) is 1. The minimum atomic E-state index is -0.491. The van der Waals surface area contributed by atoms with Gasteiger partial charge in [0.1, 0.15) is 5.75 Å². The molecule has 1 aliphatic rings. The van der Waals surface area contributed by atoms with Crippen LogP contribution in [0.3, 0.4) is 0 Å². The smallest absolute Gasteiger partial charge is 0.277 e. The van der Waals surface area contributed by atoms with E-state index in [9.17, 15) is 14.9 Å². The standard InChI is InChI=1S/C18H17N3O4/c22-18(12-25-15-10-8-14(9-11-15)21(23)24)20-19-17-7-3-5-13-4-1-2-6-16(13)17/h1-2,4,6,8-11H,3,5,7,12H2,(H,20,22)/b19-17+. The number of hydrogen-bond acceptors (Lipinski definition) is 5. The second-order valence-electron chi connectivity index (χ2n) is 5.64. The van der Waals surface area contributed by atoms with E-state index in [1.807, 2.05) is 18.2 Å². The van der Waals surface area contributed by atoms with E-state index in [1.54, 1.807) is 0 Å². The lowest BCUT2D eigenvalue weighted by molar-refractivity contribution is -0.384. The van der Waals surface area contributed by atoms with Crippen LogP contribution in [0.5, 0.6) is 5.75 Å². The predicted octanol–water partition coefficient (Wildman–Crippen LogP) is 2.83. The molecule has 0 radical (unpaired) electrons. The van der Waals surface area contributed by atoms with Gasteiger partial charge >= 0.3 is 0 Å². The minimum absolute atomic E-state index is 0.0286. The summed E-state index contributed by atoms with van der Waals surface area (Å²) in [5, 5.41) is 14.8. The highest BCUT2D eigenvalue weighted by Crippen LogP contribution is 2.21. The van der Waals surface area contributed by atoms with E-state index < -0.39 is 4.92 Å². The van der Waals surface area contributed by atoms with Crippen molar-refractivity contribution < 1.29 is 14.5 Å². The van der Waals surface area contributed by atoms with Crippen molar-refractivity contribution in [1.29, 1.82) is 0 Å². The number of hydrogen-bond donors (Lipinski definition) is 1. The molecule has 0 aliphatic heterocycles. The van der Waals surface area contributed by atoms with Crippen molar-refractivity contribution >= 4 is 17.3 Å². The highest BCUT2D eigenvalue weighted by Gasteiger charge is 2.15. The number of rotatable bonds is 5. The number of amides is 1. The van der Waals surface area contributed by atoms with Crippen LogP contribution in [0.2, 0.25) is 0 Å². The molecule has 0 aromatic heterocycles. The van der Waals surface area contributed by atoms with Gasteiger partial charge in [0, 0.05) is 17.7 Å². The van der Waals surface area contributed by atoms with Crippen molar-refractivity contribution in [3.63, 3.8) is 0 Å². The van der Waals surface area contributed by atoms with Gasteiger partial charge in [-0.2, -0.15) is 5.10 Å². The van der Waals surface area contributed by atoms with Crippen LogP contribution in [0, 0.1) is 10.1 Å². The maximum Gasteiger partial charge on any atom is 0.277 e. The quantitative estimate of drug-likeness (QED) is 0.669. The van der Waals surface area contributed by atoms with Gasteiger partial charge < -0.3 is 4.74 Å². The van der Waals surface area contributed by atoms with Crippen LogP contribution >= 0.6 is 0 Å². The van der Waals surface area contributed by atoms with Gasteiger partial charge in [-0.25, -0.2) is 5.43 Å². The van der Waals surface area contributed by atoms with Crippen LogP contribution in [-0.4, -0.2) is 23.1 Å². The second kappa shape index (κ2) is 7.57. The minimum Gasteiger partial charge on any atom is -0.484 e. The first-order valence-electron chi connectivity index (χ1n) is 7.94. The molecule has 0 atom stereocenters. The first kappa shape index (κ1) is 16.6. The molecule has 128 valence electrons. The maximum atomic E-state index is 11.9. The Morgan fingerprint density at radius 2 is 1.92 bits per heavy atom. The molecule has 0 heterocycles. The number of aryl methyl sites for hydroxylation is 1. The van der Waals surface area contributed by atoms with Crippen molar-refractivity contribution in [2.45, 2.75) is 19.3 Å². The van der Waals surface area contributed by atoms with Gasteiger partial charge in [0.15, 0.2) is 6.61 Å². The number of nitrogens with zero attached hydrogens (tertiary/aromatic N) is 2. The topological polar surface area (TPSA) is 93.8 Å². The Bertz CT molecular complexity index is 815. The number of nitro groups is 1. The zero-order chi connectivity index (χ0) is 17.6. The summed E-state index contributed by atoms with van der Waals surface area (Å²) in [6.07, 6.45) is 2.85. The van der Waals surface area contributed by atoms with Gasteiger partial charge in [-0.1, -0.05) is 24.3 Å². The van der Waals surface area contributed by atoms with E-state index in [1.165, 1.54) is 29.8 Å². The molecule has 25 heavy (non-hydrogen) atoms. The molecule has 0 saturated carbocycles. The van der Waals surface area contributed by atoms with Crippen LogP contribution in [-0.2, 0) is 11.2 Å². The van der Waals surface area contributed by atoms with Crippen LogP contribution in [0.15, 0.2) is 53.6 Å². The molecule has 3 rings (SSSR count). The molecule has 7 nitrogen and oxygen atoms in total. The lowest BCUT2D eigenvalue weighted by Gasteiger charge is -2.17. The molecule has 2 aromatic rings. The average molecular weight is 339 g/mol. The normalized spacial score (nSPS) is 14.6. The molecule has 1 N–H and O–H groups in total. The number of hydrazone groups is 1. The molecule has 0 spiro atoms. The molecular formula is C18H17N3O4. The van der Waals surface area contributed by atoms with Crippen molar-refractivity contribution in [1.82, 2.24) is 5.43 Å². The van der Waals surface area contributed by atoms with Crippen LogP contribution in [0.1, 0.15) is 24.0 Å². The fraction of sp³-hybridized carbons (Fsp3) is 0.222. The van der Waals surface area contributed by atoms with Crippen molar-refractivity contribution in [2.75, 3.05) is 6.61 Å². The first-order valence-corrected chi connectivity index (χ1v) is 7.94. The van der Waals surface area contributed by atoms with Gasteiger partial charge in [-0.05, 0) is 37.0 Å². The summed E-state index contributed by atoms with van der Waals surface area (Å²) in [6, 6.07) is 13.6. The monoisotopic (exact) mass is 339 g/mol. The number of fused-ring (bicyclic) bond motifs is 1. The summed E-state index contributed by atoms with van der Waals surface area (Å²) in [5.74, 6) is 0.00493. The number of nitrogens with one attached hydrogen (secondary N) is 1. The molecule has 7 heteroatoms. The van der Waals surface area contributed by atoms with Gasteiger partial charge in [-0.3, -0.25) is 14.9 Å². The third-order valence-corrected chi connectivity index (χ3v) is 3.92. The van der Waals surface area contributed by atoms with Crippen LogP contribution in [0.4, 0.5) is 5.69 Å². The number of non-ortho nitro benzene ring substituents is 1. The SMILES string of the molecule is O=C(COc1ccc([N+](=O)[O-])cc1)N/N=C1\CCCc2ccccc21. The molecular weight excluding hydrogens is 322 g/mol. The molecule has 0 unspecified atom stereocenters. The van der Waals surface area contributed by atoms with Crippen LogP contribution in [0.25, 0.3) is 0 Å².